The van der Waals surface area contributed by atoms with Gasteiger partial charge < -0.3 is 5.32 Å². The number of aromatic amines is 1. The highest BCUT2D eigenvalue weighted by molar-refractivity contribution is 5.93. The molecule has 3 aromatic rings. The second kappa shape index (κ2) is 8.62. The Bertz CT molecular complexity index is 1130. The van der Waals surface area contributed by atoms with Gasteiger partial charge in [0, 0.05) is 18.9 Å². The molecule has 0 unspecified atom stereocenters. The van der Waals surface area contributed by atoms with Crippen LogP contribution in [0.2, 0.25) is 0 Å². The Kier molecular flexibility index (Phi) is 5.98. The zero-order valence-corrected chi connectivity index (χ0v) is 15.2. The monoisotopic (exact) mass is 417 g/mol. The number of nitriles is 1. The molecule has 1 amide bonds. The summed E-state index contributed by atoms with van der Waals surface area (Å²) in [5, 5.41) is 13.9. The van der Waals surface area contributed by atoms with E-state index in [0.717, 1.165) is 0 Å². The van der Waals surface area contributed by atoms with Crippen molar-refractivity contribution < 1.29 is 22.7 Å². The van der Waals surface area contributed by atoms with Gasteiger partial charge in [-0.05, 0) is 29.8 Å². The first-order valence-corrected chi connectivity index (χ1v) is 8.55. The van der Waals surface area contributed by atoms with Crippen LogP contribution in [0.15, 0.2) is 53.6 Å². The number of H-pyrrole nitrogens is 1. The summed E-state index contributed by atoms with van der Waals surface area (Å²) in [5.41, 5.74) is 1.18. The number of nitrogens with zero attached hydrogens (tertiary/aromatic N) is 3. The smallest absolute Gasteiger partial charge is 0.350 e. The lowest BCUT2D eigenvalue weighted by Gasteiger charge is -2.08. The molecule has 2 heterocycles. The van der Waals surface area contributed by atoms with E-state index in [2.05, 4.69) is 20.1 Å². The molecular weight excluding hydrogens is 403 g/mol. The zero-order chi connectivity index (χ0) is 21.7. The molecule has 0 saturated carbocycles. The molecule has 0 fully saturated rings. The van der Waals surface area contributed by atoms with Crippen molar-refractivity contribution in [1.29, 1.82) is 5.26 Å². The molecule has 2 N–H and O–H groups in total. The average Bonchev–Trinajstić information content (AvgIpc) is 3.12. The average molecular weight is 417 g/mol. The molecule has 1 aromatic carbocycles. The van der Waals surface area contributed by atoms with E-state index in [0.29, 0.717) is 16.7 Å². The van der Waals surface area contributed by atoms with Crippen molar-refractivity contribution in [2.24, 2.45) is 0 Å². The van der Waals surface area contributed by atoms with E-state index >= 15 is 0 Å². The van der Waals surface area contributed by atoms with Crippen LogP contribution in [0.5, 0.6) is 0 Å². The summed E-state index contributed by atoms with van der Waals surface area (Å²) in [6, 6.07) is 11.3. The number of carbonyl (C=O) groups excluding carboxylic acids is 1. The molecule has 2 aromatic heterocycles. The molecule has 0 aliphatic heterocycles. The summed E-state index contributed by atoms with van der Waals surface area (Å²) in [5.74, 6) is -0.409. The second-order valence-corrected chi connectivity index (χ2v) is 5.97. The zero-order valence-electron chi connectivity index (χ0n) is 15.2. The van der Waals surface area contributed by atoms with E-state index in [1.807, 2.05) is 6.07 Å². The fourth-order valence-corrected chi connectivity index (χ4v) is 2.56. The van der Waals surface area contributed by atoms with E-state index in [4.69, 9.17) is 5.26 Å². The Morgan fingerprint density at radius 2 is 1.97 bits per heavy atom. The molecule has 0 saturated heterocycles. The molecule has 11 heteroatoms. The number of benzene rings is 1. The number of pyridine rings is 1. The van der Waals surface area contributed by atoms with Gasteiger partial charge in [-0.15, -0.1) is 13.2 Å². The van der Waals surface area contributed by atoms with Crippen LogP contribution in [0.25, 0.3) is 16.9 Å². The van der Waals surface area contributed by atoms with Crippen molar-refractivity contribution in [1.82, 2.24) is 20.1 Å². The molecule has 0 aliphatic rings. The van der Waals surface area contributed by atoms with Gasteiger partial charge in [-0.2, -0.15) is 5.26 Å². The van der Waals surface area contributed by atoms with E-state index in [1.165, 1.54) is 29.2 Å². The molecule has 3 rings (SSSR count). The maximum atomic E-state index is 12.6. The van der Waals surface area contributed by atoms with Gasteiger partial charge in [0.2, 0.25) is 0 Å². The highest BCUT2D eigenvalue weighted by atomic mass is 19.4. The minimum atomic E-state index is -4.76. The number of nitrogens with one attached hydrogen (secondary N) is 2. The lowest BCUT2D eigenvalue weighted by molar-refractivity contribution is -0.323. The summed E-state index contributed by atoms with van der Waals surface area (Å²) in [4.78, 5) is 28.6. The number of hydrogen-bond donors (Lipinski definition) is 2. The molecule has 0 spiro atoms. The van der Waals surface area contributed by atoms with Gasteiger partial charge in [-0.3, -0.25) is 19.4 Å². The van der Waals surface area contributed by atoms with Crippen molar-refractivity contribution in [3.05, 3.63) is 70.3 Å². The SMILES string of the molecule is N#Cc1ccc(-c2c[nH]n(-c3ccc(C(=O)NCCOC(F)(F)F)cn3)c2=O)cc1. The van der Waals surface area contributed by atoms with Gasteiger partial charge in [0.1, 0.15) is 0 Å². The molecule has 0 radical (unpaired) electrons. The first-order valence-electron chi connectivity index (χ1n) is 8.55. The van der Waals surface area contributed by atoms with Crippen LogP contribution in [0.3, 0.4) is 0 Å². The Balaban J connectivity index is 1.69. The largest absolute Gasteiger partial charge is 0.522 e. The molecule has 0 bridgehead atoms. The van der Waals surface area contributed by atoms with Crippen molar-refractivity contribution in [3.63, 3.8) is 0 Å². The quantitative estimate of drug-likeness (QED) is 0.598. The summed E-state index contributed by atoms with van der Waals surface area (Å²) < 4.78 is 40.4. The molecule has 0 atom stereocenters. The Morgan fingerprint density at radius 3 is 2.57 bits per heavy atom. The topological polar surface area (TPSA) is 113 Å². The van der Waals surface area contributed by atoms with Gasteiger partial charge in [0.25, 0.3) is 11.5 Å². The highest BCUT2D eigenvalue weighted by Gasteiger charge is 2.28. The summed E-state index contributed by atoms with van der Waals surface area (Å²) >= 11 is 0. The number of amides is 1. The number of alkyl halides is 3. The third kappa shape index (κ3) is 4.92. The Labute approximate surface area is 167 Å². The predicted octanol–water partition coefficient (Wildman–Crippen LogP) is 2.37. The number of carbonyl (C=O) groups is 1. The number of hydrogen-bond acceptors (Lipinski definition) is 5. The molecule has 8 nitrogen and oxygen atoms in total. The number of aromatic nitrogens is 3. The minimum Gasteiger partial charge on any atom is -0.350 e. The van der Waals surface area contributed by atoms with Crippen LogP contribution in [0.4, 0.5) is 13.2 Å². The third-order valence-corrected chi connectivity index (χ3v) is 3.99. The van der Waals surface area contributed by atoms with Crippen LogP contribution >= 0.6 is 0 Å². The van der Waals surface area contributed by atoms with Gasteiger partial charge in [0.05, 0.1) is 29.4 Å². The normalized spacial score (nSPS) is 11.1. The van der Waals surface area contributed by atoms with Crippen molar-refractivity contribution in [2.75, 3.05) is 13.2 Å². The fourth-order valence-electron chi connectivity index (χ4n) is 2.56. The lowest BCUT2D eigenvalue weighted by Crippen LogP contribution is -2.29. The maximum absolute atomic E-state index is 12.6. The molecule has 0 aliphatic carbocycles. The standard InChI is InChI=1S/C19H14F3N5O3/c20-19(21,22)30-8-7-24-17(28)14-5-6-16(25-10-14)27-18(29)15(11-26-27)13-3-1-12(9-23)2-4-13/h1-6,10-11,26H,7-8H2,(H,24,28). The first kappa shape index (κ1) is 20.8. The summed E-state index contributed by atoms with van der Waals surface area (Å²) in [7, 11) is 0. The van der Waals surface area contributed by atoms with Crippen LogP contribution in [-0.2, 0) is 4.74 Å². The fraction of sp³-hybridized carbons (Fsp3) is 0.158. The summed E-state index contributed by atoms with van der Waals surface area (Å²) in [6.45, 7) is -1.04. The van der Waals surface area contributed by atoms with Crippen molar-refractivity contribution in [3.8, 4) is 23.0 Å². The van der Waals surface area contributed by atoms with Gasteiger partial charge in [0.15, 0.2) is 5.82 Å². The van der Waals surface area contributed by atoms with Crippen LogP contribution in [-0.4, -0.2) is 40.2 Å². The molecular formula is C19H14F3N5O3. The van der Waals surface area contributed by atoms with E-state index < -0.39 is 18.9 Å². The molecule has 154 valence electrons. The Hall–Kier alpha value is -3.91. The van der Waals surface area contributed by atoms with Crippen molar-refractivity contribution in [2.45, 2.75) is 6.36 Å². The van der Waals surface area contributed by atoms with E-state index in [9.17, 15) is 22.8 Å². The number of rotatable bonds is 6. The summed E-state index contributed by atoms with van der Waals surface area (Å²) in [6.07, 6.45) is -2.07. The van der Waals surface area contributed by atoms with Gasteiger partial charge >= 0.3 is 6.36 Å². The minimum absolute atomic E-state index is 0.109. The van der Waals surface area contributed by atoms with Crippen LogP contribution in [0, 0.1) is 11.3 Å². The molecule has 30 heavy (non-hydrogen) atoms. The van der Waals surface area contributed by atoms with Gasteiger partial charge in [-0.25, -0.2) is 9.67 Å². The van der Waals surface area contributed by atoms with Crippen LogP contribution in [0.1, 0.15) is 15.9 Å². The highest BCUT2D eigenvalue weighted by Crippen LogP contribution is 2.17. The number of halogens is 3. The third-order valence-electron chi connectivity index (χ3n) is 3.99. The van der Waals surface area contributed by atoms with Gasteiger partial charge in [-0.1, -0.05) is 12.1 Å². The first-order chi connectivity index (χ1) is 14.3. The van der Waals surface area contributed by atoms with E-state index in [-0.39, 0.29) is 23.5 Å². The van der Waals surface area contributed by atoms with Crippen molar-refractivity contribution >= 4 is 5.91 Å². The number of ether oxygens (including phenoxy) is 1. The Morgan fingerprint density at radius 1 is 1.23 bits per heavy atom. The van der Waals surface area contributed by atoms with E-state index in [1.54, 1.807) is 24.3 Å². The maximum Gasteiger partial charge on any atom is 0.522 e. The lowest BCUT2D eigenvalue weighted by atomic mass is 10.1. The second-order valence-electron chi connectivity index (χ2n) is 5.97. The van der Waals surface area contributed by atoms with Crippen LogP contribution < -0.4 is 10.9 Å². The predicted molar refractivity (Wildman–Crippen MR) is 98.7 cm³/mol.